The summed E-state index contributed by atoms with van der Waals surface area (Å²) in [7, 11) is 0. The van der Waals surface area contributed by atoms with E-state index >= 15 is 0 Å². The fraction of sp³-hybridized carbons (Fsp3) is 0.938. The summed E-state index contributed by atoms with van der Waals surface area (Å²) in [6.45, 7) is 8.95. The van der Waals surface area contributed by atoms with Crippen molar-refractivity contribution in [2.24, 2.45) is 11.8 Å². The molecule has 4 heteroatoms. The lowest BCUT2D eigenvalue weighted by atomic mass is 9.77. The number of carboxylic acids is 1. The minimum atomic E-state index is -0.698. The van der Waals surface area contributed by atoms with Crippen molar-refractivity contribution < 1.29 is 9.90 Å². The van der Waals surface area contributed by atoms with E-state index < -0.39 is 5.97 Å². The molecule has 1 heterocycles. The Labute approximate surface area is 123 Å². The second-order valence-corrected chi connectivity index (χ2v) is 6.82. The van der Waals surface area contributed by atoms with Gasteiger partial charge in [-0.3, -0.25) is 14.6 Å². The quantitative estimate of drug-likeness (QED) is 0.859. The van der Waals surface area contributed by atoms with Crippen LogP contribution in [-0.2, 0) is 4.79 Å². The zero-order valence-electron chi connectivity index (χ0n) is 13.1. The van der Waals surface area contributed by atoms with Gasteiger partial charge in [-0.25, -0.2) is 0 Å². The van der Waals surface area contributed by atoms with Crippen LogP contribution in [0.2, 0.25) is 0 Å². The third-order valence-electron chi connectivity index (χ3n) is 5.09. The first-order valence-corrected chi connectivity index (χ1v) is 8.26. The van der Waals surface area contributed by atoms with Gasteiger partial charge in [-0.05, 0) is 37.6 Å². The van der Waals surface area contributed by atoms with Crippen LogP contribution < -0.4 is 0 Å². The summed E-state index contributed by atoms with van der Waals surface area (Å²) in [5.74, 6) is 0.893. The number of aliphatic carboxylic acids is 1. The summed E-state index contributed by atoms with van der Waals surface area (Å²) in [5.41, 5.74) is 0. The highest BCUT2D eigenvalue weighted by atomic mass is 16.4. The molecule has 1 saturated heterocycles. The standard InChI is InChI=1S/C16H30N2O2/c1-13(2)14-6-3-4-7-15(14)18-9-5-8-17(10-11-18)12-16(19)20/h13-15H,3-12H2,1-2H3,(H,19,20). The molecule has 2 fully saturated rings. The zero-order valence-corrected chi connectivity index (χ0v) is 13.1. The molecule has 0 aromatic rings. The number of hydrogen-bond acceptors (Lipinski definition) is 3. The van der Waals surface area contributed by atoms with Gasteiger partial charge in [0.25, 0.3) is 0 Å². The van der Waals surface area contributed by atoms with Crippen LogP contribution >= 0.6 is 0 Å². The van der Waals surface area contributed by atoms with Gasteiger partial charge in [-0.2, -0.15) is 0 Å². The average molecular weight is 282 g/mol. The Morgan fingerprint density at radius 1 is 1.10 bits per heavy atom. The van der Waals surface area contributed by atoms with E-state index in [4.69, 9.17) is 5.11 Å². The van der Waals surface area contributed by atoms with Crippen molar-refractivity contribution in [1.29, 1.82) is 0 Å². The van der Waals surface area contributed by atoms with Gasteiger partial charge in [0.2, 0.25) is 0 Å². The van der Waals surface area contributed by atoms with Crippen molar-refractivity contribution >= 4 is 5.97 Å². The minimum Gasteiger partial charge on any atom is -0.480 e. The predicted molar refractivity (Wildman–Crippen MR) is 80.8 cm³/mol. The molecule has 0 bridgehead atoms. The highest BCUT2D eigenvalue weighted by Gasteiger charge is 2.32. The van der Waals surface area contributed by atoms with E-state index in [0.29, 0.717) is 0 Å². The van der Waals surface area contributed by atoms with Gasteiger partial charge in [0.05, 0.1) is 6.54 Å². The van der Waals surface area contributed by atoms with Gasteiger partial charge < -0.3 is 5.11 Å². The molecule has 0 spiro atoms. The Balaban J connectivity index is 1.92. The van der Waals surface area contributed by atoms with Crippen LogP contribution in [0.25, 0.3) is 0 Å². The fourth-order valence-electron chi connectivity index (χ4n) is 4.04. The molecular weight excluding hydrogens is 252 g/mol. The summed E-state index contributed by atoms with van der Waals surface area (Å²) >= 11 is 0. The number of carboxylic acid groups (broad SMARTS) is 1. The Hall–Kier alpha value is -0.610. The van der Waals surface area contributed by atoms with E-state index in [9.17, 15) is 4.79 Å². The Morgan fingerprint density at radius 3 is 2.55 bits per heavy atom. The normalized spacial score (nSPS) is 30.4. The van der Waals surface area contributed by atoms with Crippen LogP contribution in [0.5, 0.6) is 0 Å². The van der Waals surface area contributed by atoms with E-state index in [0.717, 1.165) is 50.5 Å². The molecule has 1 aliphatic carbocycles. The maximum atomic E-state index is 10.8. The maximum absolute atomic E-state index is 10.8. The molecule has 1 N–H and O–H groups in total. The van der Waals surface area contributed by atoms with Crippen molar-refractivity contribution in [3.63, 3.8) is 0 Å². The molecule has 0 amide bonds. The first-order valence-electron chi connectivity index (χ1n) is 8.26. The van der Waals surface area contributed by atoms with Crippen LogP contribution in [0.15, 0.2) is 0 Å². The van der Waals surface area contributed by atoms with Crippen molar-refractivity contribution in [1.82, 2.24) is 9.80 Å². The van der Waals surface area contributed by atoms with Gasteiger partial charge in [0.1, 0.15) is 0 Å². The molecule has 2 rings (SSSR count). The predicted octanol–water partition coefficient (Wildman–Crippen LogP) is 2.29. The molecule has 2 aliphatic rings. The monoisotopic (exact) mass is 282 g/mol. The molecule has 4 nitrogen and oxygen atoms in total. The van der Waals surface area contributed by atoms with Gasteiger partial charge in [-0.1, -0.05) is 26.7 Å². The van der Waals surface area contributed by atoms with Crippen molar-refractivity contribution in [3.05, 3.63) is 0 Å². The molecule has 1 aliphatic heterocycles. The fourth-order valence-corrected chi connectivity index (χ4v) is 4.04. The number of nitrogens with zero attached hydrogens (tertiary/aromatic N) is 2. The third kappa shape index (κ3) is 4.19. The van der Waals surface area contributed by atoms with E-state index in [2.05, 4.69) is 23.6 Å². The topological polar surface area (TPSA) is 43.8 Å². The van der Waals surface area contributed by atoms with E-state index in [1.54, 1.807) is 0 Å². The summed E-state index contributed by atoms with van der Waals surface area (Å²) in [6, 6.07) is 0.730. The van der Waals surface area contributed by atoms with E-state index in [1.165, 1.54) is 25.7 Å². The number of hydrogen-bond donors (Lipinski definition) is 1. The smallest absolute Gasteiger partial charge is 0.317 e. The van der Waals surface area contributed by atoms with Gasteiger partial charge in [-0.15, -0.1) is 0 Å². The van der Waals surface area contributed by atoms with Gasteiger partial charge in [0, 0.05) is 25.7 Å². The molecule has 0 aromatic heterocycles. The van der Waals surface area contributed by atoms with Crippen molar-refractivity contribution in [2.75, 3.05) is 32.7 Å². The van der Waals surface area contributed by atoms with Gasteiger partial charge >= 0.3 is 5.97 Å². The lowest BCUT2D eigenvalue weighted by Crippen LogP contribution is -2.46. The van der Waals surface area contributed by atoms with E-state index in [-0.39, 0.29) is 6.54 Å². The molecule has 0 radical (unpaired) electrons. The molecule has 116 valence electrons. The lowest BCUT2D eigenvalue weighted by molar-refractivity contribution is -0.138. The molecule has 2 atom stereocenters. The largest absolute Gasteiger partial charge is 0.480 e. The van der Waals surface area contributed by atoms with Crippen LogP contribution in [0.1, 0.15) is 46.0 Å². The van der Waals surface area contributed by atoms with Crippen LogP contribution in [-0.4, -0.2) is 59.6 Å². The second-order valence-electron chi connectivity index (χ2n) is 6.82. The number of carbonyl (C=O) groups is 1. The number of rotatable bonds is 4. The molecule has 20 heavy (non-hydrogen) atoms. The highest BCUT2D eigenvalue weighted by Crippen LogP contribution is 2.33. The summed E-state index contributed by atoms with van der Waals surface area (Å²) in [4.78, 5) is 15.6. The molecule has 0 aromatic carbocycles. The lowest BCUT2D eigenvalue weighted by Gasteiger charge is -2.41. The van der Waals surface area contributed by atoms with E-state index in [1.807, 2.05) is 0 Å². The van der Waals surface area contributed by atoms with Crippen LogP contribution in [0.4, 0.5) is 0 Å². The Morgan fingerprint density at radius 2 is 1.85 bits per heavy atom. The summed E-state index contributed by atoms with van der Waals surface area (Å²) < 4.78 is 0. The SMILES string of the molecule is CC(C)C1CCCCC1N1CCCN(CC(=O)O)CC1. The Kier molecular flexibility index (Phi) is 5.85. The first kappa shape index (κ1) is 15.8. The van der Waals surface area contributed by atoms with Crippen LogP contribution in [0.3, 0.4) is 0 Å². The Bertz CT molecular complexity index is 320. The third-order valence-corrected chi connectivity index (χ3v) is 5.09. The summed E-state index contributed by atoms with van der Waals surface area (Å²) in [5, 5.41) is 8.93. The van der Waals surface area contributed by atoms with Gasteiger partial charge in [0.15, 0.2) is 0 Å². The average Bonchev–Trinajstić information content (AvgIpc) is 2.63. The highest BCUT2D eigenvalue weighted by molar-refractivity contribution is 5.69. The maximum Gasteiger partial charge on any atom is 0.317 e. The first-order chi connectivity index (χ1) is 9.58. The molecule has 1 saturated carbocycles. The summed E-state index contributed by atoms with van der Waals surface area (Å²) in [6.07, 6.45) is 6.57. The molecule has 2 unspecified atom stereocenters. The second kappa shape index (κ2) is 7.41. The van der Waals surface area contributed by atoms with Crippen molar-refractivity contribution in [2.45, 2.75) is 52.0 Å². The minimum absolute atomic E-state index is 0.201. The van der Waals surface area contributed by atoms with Crippen molar-refractivity contribution in [3.8, 4) is 0 Å². The zero-order chi connectivity index (χ0) is 14.5. The van der Waals surface area contributed by atoms with Crippen LogP contribution in [0, 0.1) is 11.8 Å². The molecular formula is C16H30N2O2.